The lowest BCUT2D eigenvalue weighted by atomic mass is 10.1. The summed E-state index contributed by atoms with van der Waals surface area (Å²) >= 11 is 0. The van der Waals surface area contributed by atoms with E-state index in [4.69, 9.17) is 11.5 Å². The zero-order chi connectivity index (χ0) is 14.4. The number of non-ortho nitro benzene ring substituents is 1. The number of nitro groups is 1. The van der Waals surface area contributed by atoms with Crippen LogP contribution in [0.2, 0.25) is 0 Å². The van der Waals surface area contributed by atoms with Gasteiger partial charge in [0.25, 0.3) is 5.69 Å². The molecule has 0 aliphatic heterocycles. The highest BCUT2D eigenvalue weighted by Gasteiger charge is 2.15. The van der Waals surface area contributed by atoms with Crippen molar-refractivity contribution in [2.75, 3.05) is 0 Å². The third-order valence-corrected chi connectivity index (χ3v) is 2.37. The summed E-state index contributed by atoms with van der Waals surface area (Å²) in [6.07, 6.45) is -0.230. The summed E-state index contributed by atoms with van der Waals surface area (Å²) in [6.45, 7) is 0.170. The molecule has 1 rings (SSSR count). The van der Waals surface area contributed by atoms with Crippen LogP contribution in [0.1, 0.15) is 12.0 Å². The quantitative estimate of drug-likeness (QED) is 0.466. The van der Waals surface area contributed by atoms with Crippen molar-refractivity contribution in [3.05, 3.63) is 39.9 Å². The van der Waals surface area contributed by atoms with Crippen LogP contribution in [-0.4, -0.2) is 22.8 Å². The smallest absolute Gasteiger partial charge is 0.269 e. The molecule has 5 N–H and O–H groups in total. The Morgan fingerprint density at radius 2 is 1.89 bits per heavy atom. The number of nitrogens with zero attached hydrogens (tertiary/aromatic N) is 1. The van der Waals surface area contributed by atoms with E-state index in [1.54, 1.807) is 0 Å². The van der Waals surface area contributed by atoms with Crippen molar-refractivity contribution in [3.63, 3.8) is 0 Å². The van der Waals surface area contributed by atoms with Crippen LogP contribution < -0.4 is 16.8 Å². The molecule has 0 saturated heterocycles. The maximum Gasteiger partial charge on any atom is 0.269 e. The molecule has 0 aliphatic rings. The van der Waals surface area contributed by atoms with Crippen molar-refractivity contribution in [2.24, 2.45) is 11.5 Å². The zero-order valence-corrected chi connectivity index (χ0v) is 10.0. The lowest BCUT2D eigenvalue weighted by Crippen LogP contribution is -2.42. The molecular formula is C11H14N4O4. The number of rotatable bonds is 6. The first-order chi connectivity index (χ1) is 8.90. The minimum Gasteiger partial charge on any atom is -0.370 e. The maximum absolute atomic E-state index is 11.5. The number of hydrogen-bond acceptors (Lipinski definition) is 5. The van der Waals surface area contributed by atoms with Crippen molar-refractivity contribution in [2.45, 2.75) is 19.0 Å². The molecule has 0 spiro atoms. The number of amides is 2. The van der Waals surface area contributed by atoms with Gasteiger partial charge >= 0.3 is 0 Å². The predicted molar refractivity (Wildman–Crippen MR) is 66.7 cm³/mol. The minimum atomic E-state index is -0.990. The molecule has 8 nitrogen and oxygen atoms in total. The van der Waals surface area contributed by atoms with Crippen LogP contribution in [0.25, 0.3) is 0 Å². The highest BCUT2D eigenvalue weighted by molar-refractivity contribution is 5.87. The van der Waals surface area contributed by atoms with E-state index in [2.05, 4.69) is 5.32 Å². The van der Waals surface area contributed by atoms with Gasteiger partial charge in [-0.15, -0.1) is 0 Å². The molecule has 1 unspecified atom stereocenters. The normalized spacial score (nSPS) is 11.6. The average molecular weight is 266 g/mol. The van der Waals surface area contributed by atoms with E-state index in [9.17, 15) is 19.7 Å². The summed E-state index contributed by atoms with van der Waals surface area (Å²) in [4.78, 5) is 32.0. The van der Waals surface area contributed by atoms with Gasteiger partial charge in [0, 0.05) is 18.7 Å². The number of hydrogen-bond donors (Lipinski definition) is 3. The first-order valence-electron chi connectivity index (χ1n) is 5.45. The molecule has 0 heterocycles. The van der Waals surface area contributed by atoms with Gasteiger partial charge < -0.3 is 16.8 Å². The van der Waals surface area contributed by atoms with E-state index in [-0.39, 0.29) is 18.7 Å². The molecule has 0 saturated carbocycles. The molecular weight excluding hydrogens is 252 g/mol. The second-order valence-corrected chi connectivity index (χ2v) is 3.92. The first-order valence-corrected chi connectivity index (χ1v) is 5.45. The standard InChI is InChI=1S/C11H14N4O4/c12-9(5-10(13)16)11(17)14-6-7-1-3-8(4-2-7)15(18)19/h1-4,9H,5-6,12H2,(H2,13,16)(H,14,17). The number of nitrogens with two attached hydrogens (primary N) is 2. The summed E-state index contributed by atoms with van der Waals surface area (Å²) in [7, 11) is 0. The molecule has 8 heteroatoms. The van der Waals surface area contributed by atoms with Crippen LogP contribution in [0, 0.1) is 10.1 Å². The molecule has 1 aromatic rings. The minimum absolute atomic E-state index is 0.0273. The van der Waals surface area contributed by atoms with Crippen LogP contribution in [0.5, 0.6) is 0 Å². The summed E-state index contributed by atoms with van der Waals surface area (Å²) in [6, 6.07) is 4.74. The van der Waals surface area contributed by atoms with Crippen LogP contribution in [0.4, 0.5) is 5.69 Å². The Labute approximate surface area is 108 Å². The van der Waals surface area contributed by atoms with E-state index >= 15 is 0 Å². The van der Waals surface area contributed by atoms with Crippen molar-refractivity contribution < 1.29 is 14.5 Å². The van der Waals surface area contributed by atoms with E-state index in [0.29, 0.717) is 5.56 Å². The summed E-state index contributed by atoms with van der Waals surface area (Å²) in [5.41, 5.74) is 11.0. The van der Waals surface area contributed by atoms with Crippen LogP contribution in [-0.2, 0) is 16.1 Å². The third-order valence-electron chi connectivity index (χ3n) is 2.37. The fourth-order valence-corrected chi connectivity index (χ4v) is 1.37. The molecule has 1 aromatic carbocycles. The molecule has 2 amide bonds. The Morgan fingerprint density at radius 3 is 2.37 bits per heavy atom. The van der Waals surface area contributed by atoms with Crippen molar-refractivity contribution in [1.82, 2.24) is 5.32 Å². The fraction of sp³-hybridized carbons (Fsp3) is 0.273. The molecule has 0 aliphatic carbocycles. The number of carbonyl (C=O) groups excluding carboxylic acids is 2. The van der Waals surface area contributed by atoms with Crippen LogP contribution in [0.15, 0.2) is 24.3 Å². The zero-order valence-electron chi connectivity index (χ0n) is 10.0. The number of nitrogens with one attached hydrogen (secondary N) is 1. The van der Waals surface area contributed by atoms with E-state index in [1.165, 1.54) is 24.3 Å². The van der Waals surface area contributed by atoms with Gasteiger partial charge in [-0.2, -0.15) is 0 Å². The van der Waals surface area contributed by atoms with Crippen LogP contribution >= 0.6 is 0 Å². The lowest BCUT2D eigenvalue weighted by molar-refractivity contribution is -0.384. The highest BCUT2D eigenvalue weighted by atomic mass is 16.6. The topological polar surface area (TPSA) is 141 Å². The number of primary amides is 1. The first kappa shape index (κ1) is 14.6. The maximum atomic E-state index is 11.5. The Morgan fingerprint density at radius 1 is 1.32 bits per heavy atom. The van der Waals surface area contributed by atoms with E-state index in [0.717, 1.165) is 0 Å². The molecule has 0 fully saturated rings. The van der Waals surface area contributed by atoms with Crippen molar-refractivity contribution in [1.29, 1.82) is 0 Å². The van der Waals surface area contributed by atoms with Gasteiger partial charge in [0.2, 0.25) is 11.8 Å². The van der Waals surface area contributed by atoms with Gasteiger partial charge in [0.15, 0.2) is 0 Å². The molecule has 19 heavy (non-hydrogen) atoms. The van der Waals surface area contributed by atoms with E-state index in [1.807, 2.05) is 0 Å². The molecule has 0 bridgehead atoms. The second kappa shape index (κ2) is 6.45. The molecule has 1 atom stereocenters. The highest BCUT2D eigenvalue weighted by Crippen LogP contribution is 2.11. The van der Waals surface area contributed by atoms with Gasteiger partial charge in [-0.3, -0.25) is 19.7 Å². The van der Waals surface area contributed by atoms with Gasteiger partial charge in [-0.1, -0.05) is 12.1 Å². The Kier molecular flexibility index (Phi) is 4.95. The summed E-state index contributed by atoms with van der Waals surface area (Å²) in [5.74, 6) is -1.16. The average Bonchev–Trinajstić information content (AvgIpc) is 2.35. The van der Waals surface area contributed by atoms with E-state index < -0.39 is 22.8 Å². The lowest BCUT2D eigenvalue weighted by Gasteiger charge is -2.10. The van der Waals surface area contributed by atoms with Gasteiger partial charge in [0.05, 0.1) is 17.4 Å². The van der Waals surface area contributed by atoms with Crippen molar-refractivity contribution in [3.8, 4) is 0 Å². The predicted octanol–water partition coefficient (Wildman–Crippen LogP) is -0.586. The summed E-state index contributed by atoms with van der Waals surface area (Å²) in [5, 5.41) is 13.0. The molecule has 0 aromatic heterocycles. The van der Waals surface area contributed by atoms with Gasteiger partial charge in [0.1, 0.15) is 0 Å². The Hall–Kier alpha value is -2.48. The molecule has 102 valence electrons. The largest absolute Gasteiger partial charge is 0.370 e. The van der Waals surface area contributed by atoms with Crippen LogP contribution in [0.3, 0.4) is 0 Å². The SMILES string of the molecule is NC(=O)CC(N)C(=O)NCc1ccc([N+](=O)[O-])cc1. The number of carbonyl (C=O) groups is 2. The monoisotopic (exact) mass is 266 g/mol. The van der Waals surface area contributed by atoms with Gasteiger partial charge in [-0.25, -0.2) is 0 Å². The van der Waals surface area contributed by atoms with Crippen molar-refractivity contribution >= 4 is 17.5 Å². The fourth-order valence-electron chi connectivity index (χ4n) is 1.37. The summed E-state index contributed by atoms with van der Waals surface area (Å²) < 4.78 is 0. The third kappa shape index (κ3) is 4.72. The Bertz CT molecular complexity index is 486. The number of benzene rings is 1. The Balaban J connectivity index is 2.50. The second-order valence-electron chi connectivity index (χ2n) is 3.92. The number of nitro benzene ring substituents is 1. The van der Waals surface area contributed by atoms with Gasteiger partial charge in [-0.05, 0) is 5.56 Å². The molecule has 0 radical (unpaired) electrons.